The Morgan fingerprint density at radius 2 is 1.89 bits per heavy atom. The minimum Gasteiger partial charge on any atom is -0.383 e. The molecule has 1 aromatic heterocycles. The van der Waals surface area contributed by atoms with Gasteiger partial charge in [0.15, 0.2) is 0 Å². The molecule has 1 fully saturated rings. The molecule has 1 aliphatic rings. The summed E-state index contributed by atoms with van der Waals surface area (Å²) in [7, 11) is 2.13. The van der Waals surface area contributed by atoms with Gasteiger partial charge < -0.3 is 10.6 Å². The predicted octanol–water partition coefficient (Wildman–Crippen LogP) is 2.95. The number of hydrogen-bond donors (Lipinski definition) is 1. The molecule has 0 amide bonds. The van der Waals surface area contributed by atoms with Crippen molar-refractivity contribution in [3.8, 4) is 0 Å². The Hall–Kier alpha value is -1.32. The van der Waals surface area contributed by atoms with E-state index in [2.05, 4.69) is 28.8 Å². The molecule has 2 N–H and O–H groups in total. The molecule has 4 heteroatoms. The molecule has 0 atom stereocenters. The molecule has 0 aromatic carbocycles. The summed E-state index contributed by atoms with van der Waals surface area (Å²) in [5, 5.41) is 0. The zero-order valence-corrected chi connectivity index (χ0v) is 12.4. The van der Waals surface area contributed by atoms with Crippen molar-refractivity contribution in [3.05, 3.63) is 11.4 Å². The van der Waals surface area contributed by atoms with E-state index in [-0.39, 0.29) is 0 Å². The van der Waals surface area contributed by atoms with Crippen molar-refractivity contribution < 1.29 is 0 Å². The smallest absolute Gasteiger partial charge is 0.137 e. The highest BCUT2D eigenvalue weighted by atomic mass is 15.2. The van der Waals surface area contributed by atoms with Gasteiger partial charge in [0.05, 0.1) is 0 Å². The van der Waals surface area contributed by atoms with Crippen molar-refractivity contribution in [1.29, 1.82) is 0 Å². The standard InChI is InChI=1S/C15H26N4/c1-4-13-17-14(16)11(2)15(18-13)19(3)10-12-8-6-5-7-9-12/h12H,4-10H2,1-3H3,(H2,16,17,18). The molecule has 19 heavy (non-hydrogen) atoms. The first-order valence-electron chi connectivity index (χ1n) is 7.46. The normalized spacial score (nSPS) is 16.6. The maximum Gasteiger partial charge on any atom is 0.137 e. The second-order valence-electron chi connectivity index (χ2n) is 5.71. The molecule has 2 rings (SSSR count). The SMILES string of the molecule is CCc1nc(N)c(C)c(N(C)CC2CCCCC2)n1. The number of nitrogen functional groups attached to an aromatic ring is 1. The van der Waals surface area contributed by atoms with Crippen LogP contribution in [0.4, 0.5) is 11.6 Å². The van der Waals surface area contributed by atoms with Gasteiger partial charge in [-0.05, 0) is 25.7 Å². The van der Waals surface area contributed by atoms with Crippen LogP contribution >= 0.6 is 0 Å². The molecule has 4 nitrogen and oxygen atoms in total. The maximum absolute atomic E-state index is 5.99. The van der Waals surface area contributed by atoms with Crippen LogP contribution < -0.4 is 10.6 Å². The van der Waals surface area contributed by atoms with E-state index in [1.807, 2.05) is 6.92 Å². The van der Waals surface area contributed by atoms with E-state index < -0.39 is 0 Å². The Labute approximate surface area is 116 Å². The Balaban J connectivity index is 2.13. The van der Waals surface area contributed by atoms with Crippen LogP contribution in [0, 0.1) is 12.8 Å². The van der Waals surface area contributed by atoms with E-state index in [0.29, 0.717) is 5.82 Å². The van der Waals surface area contributed by atoms with Crippen LogP contribution in [-0.2, 0) is 6.42 Å². The molecule has 1 aromatic rings. The molecule has 0 bridgehead atoms. The fraction of sp³-hybridized carbons (Fsp3) is 0.733. The number of hydrogen-bond acceptors (Lipinski definition) is 4. The lowest BCUT2D eigenvalue weighted by Gasteiger charge is -2.28. The largest absolute Gasteiger partial charge is 0.383 e. The number of aromatic nitrogens is 2. The summed E-state index contributed by atoms with van der Waals surface area (Å²) < 4.78 is 0. The molecule has 0 unspecified atom stereocenters. The van der Waals surface area contributed by atoms with Gasteiger partial charge in [-0.15, -0.1) is 0 Å². The van der Waals surface area contributed by atoms with Gasteiger partial charge in [0, 0.05) is 25.6 Å². The Bertz CT molecular complexity index is 424. The summed E-state index contributed by atoms with van der Waals surface area (Å²) in [5.74, 6) is 3.28. The van der Waals surface area contributed by atoms with E-state index >= 15 is 0 Å². The molecule has 0 saturated heterocycles. The van der Waals surface area contributed by atoms with Gasteiger partial charge in [0.1, 0.15) is 17.5 Å². The Kier molecular flexibility index (Phi) is 4.61. The lowest BCUT2D eigenvalue weighted by molar-refractivity contribution is 0.361. The van der Waals surface area contributed by atoms with Gasteiger partial charge in [0.25, 0.3) is 0 Å². The van der Waals surface area contributed by atoms with E-state index in [9.17, 15) is 0 Å². The van der Waals surface area contributed by atoms with Crippen molar-refractivity contribution in [2.24, 2.45) is 5.92 Å². The first kappa shape index (κ1) is 14.1. The highest BCUT2D eigenvalue weighted by Gasteiger charge is 2.18. The average molecular weight is 262 g/mol. The number of anilines is 2. The van der Waals surface area contributed by atoms with E-state index in [1.165, 1.54) is 32.1 Å². The summed E-state index contributed by atoms with van der Waals surface area (Å²) in [6.07, 6.45) is 7.69. The summed E-state index contributed by atoms with van der Waals surface area (Å²) in [6, 6.07) is 0. The molecular formula is C15H26N4. The fourth-order valence-electron chi connectivity index (χ4n) is 2.94. The summed E-state index contributed by atoms with van der Waals surface area (Å²) in [5.41, 5.74) is 7.00. The van der Waals surface area contributed by atoms with Crippen LogP contribution in [0.25, 0.3) is 0 Å². The van der Waals surface area contributed by atoms with Crippen molar-refractivity contribution in [2.75, 3.05) is 24.2 Å². The van der Waals surface area contributed by atoms with Crippen molar-refractivity contribution in [3.63, 3.8) is 0 Å². The molecule has 1 heterocycles. The van der Waals surface area contributed by atoms with Gasteiger partial charge >= 0.3 is 0 Å². The molecule has 0 aliphatic heterocycles. The summed E-state index contributed by atoms with van der Waals surface area (Å²) >= 11 is 0. The minimum atomic E-state index is 0.623. The second kappa shape index (κ2) is 6.22. The molecular weight excluding hydrogens is 236 g/mol. The van der Waals surface area contributed by atoms with Gasteiger partial charge in [-0.1, -0.05) is 26.2 Å². The predicted molar refractivity (Wildman–Crippen MR) is 80.4 cm³/mol. The zero-order valence-electron chi connectivity index (χ0n) is 12.4. The summed E-state index contributed by atoms with van der Waals surface area (Å²) in [4.78, 5) is 11.2. The highest BCUT2D eigenvalue weighted by Crippen LogP contribution is 2.27. The van der Waals surface area contributed by atoms with Crippen LogP contribution in [-0.4, -0.2) is 23.6 Å². The van der Waals surface area contributed by atoms with Gasteiger partial charge in [-0.2, -0.15) is 0 Å². The minimum absolute atomic E-state index is 0.623. The van der Waals surface area contributed by atoms with Gasteiger partial charge in [-0.25, -0.2) is 9.97 Å². The lowest BCUT2D eigenvalue weighted by atomic mass is 9.89. The molecule has 1 aliphatic carbocycles. The highest BCUT2D eigenvalue weighted by molar-refractivity contribution is 5.56. The van der Waals surface area contributed by atoms with Crippen LogP contribution in [0.2, 0.25) is 0 Å². The quantitative estimate of drug-likeness (QED) is 0.906. The van der Waals surface area contributed by atoms with Crippen molar-refractivity contribution in [2.45, 2.75) is 52.4 Å². The number of nitrogens with two attached hydrogens (primary N) is 1. The third-order valence-corrected chi connectivity index (χ3v) is 4.14. The molecule has 0 spiro atoms. The van der Waals surface area contributed by atoms with Gasteiger partial charge in [-0.3, -0.25) is 0 Å². The lowest BCUT2D eigenvalue weighted by Crippen LogP contribution is -2.28. The Morgan fingerprint density at radius 3 is 2.53 bits per heavy atom. The first-order valence-corrected chi connectivity index (χ1v) is 7.46. The molecule has 1 saturated carbocycles. The third-order valence-electron chi connectivity index (χ3n) is 4.14. The molecule has 0 radical (unpaired) electrons. The monoisotopic (exact) mass is 262 g/mol. The first-order chi connectivity index (χ1) is 9.11. The molecule has 106 valence electrons. The topological polar surface area (TPSA) is 55.0 Å². The van der Waals surface area contributed by atoms with E-state index in [1.54, 1.807) is 0 Å². The van der Waals surface area contributed by atoms with Crippen LogP contribution in [0.5, 0.6) is 0 Å². The van der Waals surface area contributed by atoms with Crippen molar-refractivity contribution >= 4 is 11.6 Å². The fourth-order valence-corrected chi connectivity index (χ4v) is 2.94. The average Bonchev–Trinajstić information content (AvgIpc) is 2.42. The van der Waals surface area contributed by atoms with Crippen LogP contribution in [0.1, 0.15) is 50.4 Å². The van der Waals surface area contributed by atoms with Gasteiger partial charge in [0.2, 0.25) is 0 Å². The Morgan fingerprint density at radius 1 is 1.21 bits per heavy atom. The third kappa shape index (κ3) is 3.37. The number of nitrogens with zero attached hydrogens (tertiary/aromatic N) is 3. The number of rotatable bonds is 4. The number of aryl methyl sites for hydroxylation is 1. The maximum atomic E-state index is 5.99. The van der Waals surface area contributed by atoms with Crippen LogP contribution in [0.15, 0.2) is 0 Å². The summed E-state index contributed by atoms with van der Waals surface area (Å²) in [6.45, 7) is 5.16. The van der Waals surface area contributed by atoms with Crippen LogP contribution in [0.3, 0.4) is 0 Å². The van der Waals surface area contributed by atoms with Crippen molar-refractivity contribution in [1.82, 2.24) is 9.97 Å². The second-order valence-corrected chi connectivity index (χ2v) is 5.71. The van der Waals surface area contributed by atoms with E-state index in [0.717, 1.165) is 36.1 Å². The zero-order chi connectivity index (χ0) is 13.8. The van der Waals surface area contributed by atoms with E-state index in [4.69, 9.17) is 5.73 Å².